The molecule has 60 heavy (non-hydrogen) atoms. The first kappa shape index (κ1) is 36.4. The molecule has 2 aliphatic rings. The van der Waals surface area contributed by atoms with Crippen LogP contribution in [-0.2, 0) is 0 Å². The van der Waals surface area contributed by atoms with Gasteiger partial charge in [-0.3, -0.25) is 0 Å². The van der Waals surface area contributed by atoms with E-state index in [-0.39, 0.29) is 0 Å². The Kier molecular flexibility index (Phi) is 9.39. The van der Waals surface area contributed by atoms with Crippen LogP contribution < -0.4 is 19.3 Å². The van der Waals surface area contributed by atoms with Crippen LogP contribution in [0.2, 0.25) is 0 Å². The first-order valence-corrected chi connectivity index (χ1v) is 20.1. The summed E-state index contributed by atoms with van der Waals surface area (Å²) in [5, 5.41) is 5.21. The molecule has 0 saturated carbocycles. The zero-order chi connectivity index (χ0) is 40.6. The van der Waals surface area contributed by atoms with Crippen LogP contribution >= 0.6 is 0 Å². The number of fused-ring (bicyclic) bond motifs is 3. The van der Waals surface area contributed by atoms with E-state index in [1.807, 2.05) is 77.5 Å². The lowest BCUT2D eigenvalue weighted by atomic mass is 9.96. The number of allylic oxidation sites excluding steroid dienone is 3. The number of nitrogens with zero attached hydrogens (tertiary/aromatic N) is 5. The highest BCUT2D eigenvalue weighted by atomic mass is 16.5. The van der Waals surface area contributed by atoms with E-state index in [4.69, 9.17) is 19.6 Å². The van der Waals surface area contributed by atoms with E-state index in [0.29, 0.717) is 18.1 Å². The SMILES string of the molecule is C=C1/C=C\C=C/CN(c2ccc(-c3nc(-c4ccc(N5c6ccccc6Oc6ccccc65)cc4)n(-c4ccc(-c5ccccc5C)c(C)c4)n3)cc2)c2ccccc2O1. The van der Waals surface area contributed by atoms with Crippen molar-refractivity contribution < 1.29 is 9.47 Å². The fraction of sp³-hybridized carbons (Fsp3) is 0.0566. The zero-order valence-electron chi connectivity index (χ0n) is 33.4. The van der Waals surface area contributed by atoms with Gasteiger partial charge in [-0.25, -0.2) is 9.67 Å². The smallest absolute Gasteiger partial charge is 0.182 e. The predicted octanol–water partition coefficient (Wildman–Crippen LogP) is 13.6. The lowest BCUT2D eigenvalue weighted by molar-refractivity contribution is 0.447. The van der Waals surface area contributed by atoms with Gasteiger partial charge in [0.05, 0.1) is 22.7 Å². The number of rotatable bonds is 6. The van der Waals surface area contributed by atoms with Crippen LogP contribution in [0.3, 0.4) is 0 Å². The van der Waals surface area contributed by atoms with Crippen molar-refractivity contribution in [1.82, 2.24) is 14.8 Å². The van der Waals surface area contributed by atoms with Crippen LogP contribution in [0.15, 0.2) is 200 Å². The topological polar surface area (TPSA) is 55.7 Å². The van der Waals surface area contributed by atoms with Crippen molar-refractivity contribution in [3.8, 4) is 56.8 Å². The summed E-state index contributed by atoms with van der Waals surface area (Å²) in [6, 6.07) is 56.3. The molecule has 7 aromatic carbocycles. The van der Waals surface area contributed by atoms with Crippen LogP contribution in [0.25, 0.3) is 39.6 Å². The highest BCUT2D eigenvalue weighted by molar-refractivity contribution is 5.87. The number of ether oxygens (including phenoxy) is 2. The largest absolute Gasteiger partial charge is 0.456 e. The fourth-order valence-corrected chi connectivity index (χ4v) is 7.98. The molecule has 7 nitrogen and oxygen atoms in total. The quantitative estimate of drug-likeness (QED) is 0.168. The Labute approximate surface area is 350 Å². The second-order valence-electron chi connectivity index (χ2n) is 14.9. The highest BCUT2D eigenvalue weighted by Crippen LogP contribution is 2.50. The summed E-state index contributed by atoms with van der Waals surface area (Å²) < 4.78 is 14.4. The normalized spacial score (nSPS) is 14.3. The maximum atomic E-state index is 6.29. The summed E-state index contributed by atoms with van der Waals surface area (Å²) in [5.74, 6) is 4.32. The van der Waals surface area contributed by atoms with Gasteiger partial charge >= 0.3 is 0 Å². The highest BCUT2D eigenvalue weighted by Gasteiger charge is 2.26. The maximum Gasteiger partial charge on any atom is 0.182 e. The third kappa shape index (κ3) is 6.82. The summed E-state index contributed by atoms with van der Waals surface area (Å²) >= 11 is 0. The summed E-state index contributed by atoms with van der Waals surface area (Å²) in [7, 11) is 0. The molecule has 8 aromatic rings. The Balaban J connectivity index is 1.05. The molecule has 0 radical (unpaired) electrons. The van der Waals surface area contributed by atoms with Gasteiger partial charge in [-0.05, 0) is 139 Å². The molecule has 0 amide bonds. The molecule has 0 unspecified atom stereocenters. The Morgan fingerprint density at radius 1 is 0.533 bits per heavy atom. The van der Waals surface area contributed by atoms with E-state index in [2.05, 4.69) is 145 Å². The summed E-state index contributed by atoms with van der Waals surface area (Å²) in [5.41, 5.74) is 12.5. The second-order valence-corrected chi connectivity index (χ2v) is 14.9. The Morgan fingerprint density at radius 3 is 1.82 bits per heavy atom. The van der Waals surface area contributed by atoms with Crippen molar-refractivity contribution in [3.05, 3.63) is 212 Å². The van der Waals surface area contributed by atoms with Crippen molar-refractivity contribution in [2.45, 2.75) is 13.8 Å². The number of aryl methyl sites for hydroxylation is 2. The van der Waals surface area contributed by atoms with E-state index < -0.39 is 0 Å². The standard InChI is InChI=1S/C53H41N5O2/c1-36-15-6-7-17-44(36)45-33-32-43(35-37(45)2)58-53(40-26-30-42(31-27-40)57-47-19-9-12-22-50(47)60-51-23-13-10-20-48(51)57)54-52(55-58)39-24-28-41(29-25-39)56-34-14-4-5-16-38(3)59-49-21-11-8-18-46(49)56/h4-33,35H,3,34H2,1-2H3/b14-4-,16-5-. The average molecular weight is 780 g/mol. The first-order valence-electron chi connectivity index (χ1n) is 20.1. The number of benzene rings is 7. The van der Waals surface area contributed by atoms with Crippen molar-refractivity contribution >= 4 is 28.4 Å². The molecule has 10 rings (SSSR count). The third-order valence-corrected chi connectivity index (χ3v) is 11.0. The summed E-state index contributed by atoms with van der Waals surface area (Å²) in [4.78, 5) is 9.73. The third-order valence-electron chi connectivity index (χ3n) is 11.0. The molecule has 2 aliphatic heterocycles. The van der Waals surface area contributed by atoms with E-state index in [9.17, 15) is 0 Å². The Bertz CT molecular complexity index is 2920. The Morgan fingerprint density at radius 2 is 1.12 bits per heavy atom. The van der Waals surface area contributed by atoms with Gasteiger partial charge in [0, 0.05) is 29.0 Å². The molecule has 0 bridgehead atoms. The number of hydrogen-bond acceptors (Lipinski definition) is 6. The van der Waals surface area contributed by atoms with Gasteiger partial charge in [-0.1, -0.05) is 91.5 Å². The molecule has 1 aromatic heterocycles. The molecular formula is C53H41N5O2. The van der Waals surface area contributed by atoms with E-state index in [1.165, 1.54) is 16.7 Å². The van der Waals surface area contributed by atoms with Crippen molar-refractivity contribution in [2.75, 3.05) is 16.3 Å². The minimum Gasteiger partial charge on any atom is -0.456 e. The second kappa shape index (κ2) is 15.5. The number of para-hydroxylation sites is 6. The molecule has 3 heterocycles. The van der Waals surface area contributed by atoms with Gasteiger partial charge in [0.25, 0.3) is 0 Å². The first-order chi connectivity index (χ1) is 29.5. The molecular weight excluding hydrogens is 739 g/mol. The summed E-state index contributed by atoms with van der Waals surface area (Å²) in [6.45, 7) is 9.04. The molecule has 290 valence electrons. The predicted molar refractivity (Wildman–Crippen MR) is 243 cm³/mol. The molecule has 0 spiro atoms. The number of hydrogen-bond donors (Lipinski definition) is 0. The van der Waals surface area contributed by atoms with E-state index >= 15 is 0 Å². The molecule has 7 heteroatoms. The van der Waals surface area contributed by atoms with Gasteiger partial charge in [0.1, 0.15) is 5.76 Å². The average Bonchev–Trinajstić information content (AvgIpc) is 3.73. The van der Waals surface area contributed by atoms with Crippen LogP contribution in [0.4, 0.5) is 28.4 Å². The molecule has 0 aliphatic carbocycles. The molecule has 0 N–H and O–H groups in total. The monoisotopic (exact) mass is 779 g/mol. The number of anilines is 5. The molecule has 0 saturated heterocycles. The van der Waals surface area contributed by atoms with Crippen molar-refractivity contribution in [3.63, 3.8) is 0 Å². The van der Waals surface area contributed by atoms with Crippen LogP contribution in [0.1, 0.15) is 11.1 Å². The minimum absolute atomic E-state index is 0.577. The lowest BCUT2D eigenvalue weighted by Gasteiger charge is -2.32. The fourth-order valence-electron chi connectivity index (χ4n) is 7.98. The van der Waals surface area contributed by atoms with Gasteiger partial charge in [0.15, 0.2) is 28.9 Å². The van der Waals surface area contributed by atoms with Crippen LogP contribution in [0, 0.1) is 13.8 Å². The molecule has 0 atom stereocenters. The van der Waals surface area contributed by atoms with E-state index in [0.717, 1.165) is 73.9 Å². The van der Waals surface area contributed by atoms with Gasteiger partial charge in [0.2, 0.25) is 0 Å². The van der Waals surface area contributed by atoms with Gasteiger partial charge < -0.3 is 19.3 Å². The zero-order valence-corrected chi connectivity index (χ0v) is 33.4. The van der Waals surface area contributed by atoms with Crippen molar-refractivity contribution in [2.24, 2.45) is 0 Å². The lowest BCUT2D eigenvalue weighted by Crippen LogP contribution is -2.18. The van der Waals surface area contributed by atoms with E-state index in [1.54, 1.807) is 0 Å². The molecule has 0 fully saturated rings. The van der Waals surface area contributed by atoms with Gasteiger partial charge in [-0.15, -0.1) is 5.10 Å². The van der Waals surface area contributed by atoms with Gasteiger partial charge in [-0.2, -0.15) is 0 Å². The maximum absolute atomic E-state index is 6.29. The van der Waals surface area contributed by atoms with Crippen LogP contribution in [0.5, 0.6) is 17.2 Å². The Hall–Kier alpha value is -7.90. The van der Waals surface area contributed by atoms with Crippen molar-refractivity contribution in [1.29, 1.82) is 0 Å². The number of aromatic nitrogens is 3. The van der Waals surface area contributed by atoms with Crippen LogP contribution in [-0.4, -0.2) is 21.3 Å². The minimum atomic E-state index is 0.577. The summed E-state index contributed by atoms with van der Waals surface area (Å²) in [6.07, 6.45) is 7.96.